The first-order valence-corrected chi connectivity index (χ1v) is 5.56. The largest absolute Gasteiger partial charge is 0.411 e. The lowest BCUT2D eigenvalue weighted by Gasteiger charge is -2.37. The van der Waals surface area contributed by atoms with Crippen molar-refractivity contribution in [2.45, 2.75) is 38.5 Å². The van der Waals surface area contributed by atoms with E-state index in [9.17, 15) is 0 Å². The molecule has 4 rings (SSSR count). The Labute approximate surface area is 79.0 Å². The third-order valence-electron chi connectivity index (χ3n) is 4.33. The molecule has 0 unspecified atom stereocenters. The molecule has 72 valence electrons. The Balaban J connectivity index is 1.95. The highest BCUT2D eigenvalue weighted by molar-refractivity contribution is 5.87. The first-order valence-electron chi connectivity index (χ1n) is 5.56. The molecule has 0 aromatic rings. The van der Waals surface area contributed by atoms with E-state index in [1.807, 2.05) is 0 Å². The van der Waals surface area contributed by atoms with E-state index in [-0.39, 0.29) is 0 Å². The van der Waals surface area contributed by atoms with Gasteiger partial charge in [-0.3, -0.25) is 0 Å². The molecule has 0 amide bonds. The number of hydrogen-bond donors (Lipinski definition) is 1. The van der Waals surface area contributed by atoms with Crippen molar-refractivity contribution in [3.63, 3.8) is 0 Å². The van der Waals surface area contributed by atoms with E-state index >= 15 is 0 Å². The van der Waals surface area contributed by atoms with Gasteiger partial charge in [-0.05, 0) is 56.3 Å². The molecule has 0 aliphatic heterocycles. The fraction of sp³-hybridized carbons (Fsp3) is 0.909. The first kappa shape index (κ1) is 7.84. The van der Waals surface area contributed by atoms with Crippen LogP contribution in [0.4, 0.5) is 0 Å². The highest BCUT2D eigenvalue weighted by Crippen LogP contribution is 2.50. The summed E-state index contributed by atoms with van der Waals surface area (Å²) in [6.45, 7) is 0. The van der Waals surface area contributed by atoms with Crippen molar-refractivity contribution in [3.8, 4) is 0 Å². The van der Waals surface area contributed by atoms with Gasteiger partial charge in [0.1, 0.15) is 0 Å². The second-order valence-corrected chi connectivity index (χ2v) is 5.27. The van der Waals surface area contributed by atoms with Gasteiger partial charge in [0.25, 0.3) is 0 Å². The quantitative estimate of drug-likeness (QED) is 0.450. The zero-order valence-electron chi connectivity index (χ0n) is 7.95. The zero-order valence-corrected chi connectivity index (χ0v) is 7.95. The van der Waals surface area contributed by atoms with E-state index in [2.05, 4.69) is 5.16 Å². The van der Waals surface area contributed by atoms with Gasteiger partial charge in [0.05, 0.1) is 5.71 Å². The van der Waals surface area contributed by atoms with Gasteiger partial charge in [0.15, 0.2) is 0 Å². The Kier molecular flexibility index (Phi) is 1.64. The van der Waals surface area contributed by atoms with Gasteiger partial charge < -0.3 is 5.21 Å². The number of nitrogens with zero attached hydrogens (tertiary/aromatic N) is 1. The van der Waals surface area contributed by atoms with Gasteiger partial charge in [0, 0.05) is 5.92 Å². The fourth-order valence-electron chi connectivity index (χ4n) is 4.01. The van der Waals surface area contributed by atoms with Crippen LogP contribution in [0.15, 0.2) is 5.16 Å². The number of fused-ring (bicyclic) bond motifs is 1. The molecule has 13 heavy (non-hydrogen) atoms. The Bertz CT molecular complexity index is 234. The molecule has 4 aliphatic rings. The molecule has 1 N–H and O–H groups in total. The van der Waals surface area contributed by atoms with E-state index in [4.69, 9.17) is 5.21 Å². The maximum absolute atomic E-state index is 8.95. The smallest absolute Gasteiger partial charge is 0.0604 e. The summed E-state index contributed by atoms with van der Waals surface area (Å²) in [6, 6.07) is 0. The van der Waals surface area contributed by atoms with Crippen LogP contribution in [0.1, 0.15) is 38.5 Å². The SMILES string of the molecule is O/N=C1/CC2C[C@@H]3CC1C[C@@H](C2)C3. The summed E-state index contributed by atoms with van der Waals surface area (Å²) in [5.74, 6) is 3.41. The van der Waals surface area contributed by atoms with Crippen molar-refractivity contribution >= 4 is 5.71 Å². The van der Waals surface area contributed by atoms with Gasteiger partial charge in [-0.1, -0.05) is 5.16 Å². The highest BCUT2D eigenvalue weighted by Gasteiger charge is 2.42. The number of rotatable bonds is 0. The molecule has 0 radical (unpaired) electrons. The average molecular weight is 179 g/mol. The van der Waals surface area contributed by atoms with Crippen LogP contribution in [-0.2, 0) is 0 Å². The molecular weight excluding hydrogens is 162 g/mol. The summed E-state index contributed by atoms with van der Waals surface area (Å²) in [7, 11) is 0. The standard InChI is InChI=1S/C11H17NO/c13-12-11-6-9-2-7-1-8(3-9)5-10(11)4-7/h7-10,13H,1-6H2/b12-11-/t7-,8-,9?,10?/m1/s1. The highest BCUT2D eigenvalue weighted by atomic mass is 16.4. The van der Waals surface area contributed by atoms with Crippen LogP contribution in [-0.4, -0.2) is 10.9 Å². The minimum atomic E-state index is 0.640. The monoisotopic (exact) mass is 179 g/mol. The van der Waals surface area contributed by atoms with Crippen LogP contribution in [0.3, 0.4) is 0 Å². The third kappa shape index (κ3) is 1.18. The normalized spacial score (nSPS) is 51.2. The number of hydrogen-bond acceptors (Lipinski definition) is 2. The van der Waals surface area contributed by atoms with Crippen LogP contribution in [0.2, 0.25) is 0 Å². The maximum atomic E-state index is 8.95. The minimum Gasteiger partial charge on any atom is -0.411 e. The average Bonchev–Trinajstić information content (AvgIpc) is 2.29. The van der Waals surface area contributed by atoms with Crippen molar-refractivity contribution in [2.24, 2.45) is 28.8 Å². The van der Waals surface area contributed by atoms with Crippen molar-refractivity contribution in [1.29, 1.82) is 0 Å². The summed E-state index contributed by atoms with van der Waals surface area (Å²) >= 11 is 0. The van der Waals surface area contributed by atoms with Crippen molar-refractivity contribution in [3.05, 3.63) is 0 Å². The number of oxime groups is 1. The summed E-state index contributed by atoms with van der Waals surface area (Å²) in [4.78, 5) is 0. The van der Waals surface area contributed by atoms with Crippen LogP contribution in [0.25, 0.3) is 0 Å². The van der Waals surface area contributed by atoms with Gasteiger partial charge >= 0.3 is 0 Å². The Morgan fingerprint density at radius 3 is 2.15 bits per heavy atom. The third-order valence-corrected chi connectivity index (χ3v) is 4.33. The molecule has 4 saturated carbocycles. The molecule has 0 heterocycles. The minimum absolute atomic E-state index is 0.640. The predicted octanol–water partition coefficient (Wildman–Crippen LogP) is 2.66. The van der Waals surface area contributed by atoms with Gasteiger partial charge in [-0.15, -0.1) is 0 Å². The molecule has 0 aromatic carbocycles. The topological polar surface area (TPSA) is 32.6 Å². The second kappa shape index (κ2) is 2.73. The van der Waals surface area contributed by atoms with Crippen molar-refractivity contribution in [2.75, 3.05) is 0 Å². The zero-order chi connectivity index (χ0) is 8.84. The van der Waals surface area contributed by atoms with Gasteiger partial charge in [0.2, 0.25) is 0 Å². The summed E-state index contributed by atoms with van der Waals surface area (Å²) in [5, 5.41) is 12.5. The summed E-state index contributed by atoms with van der Waals surface area (Å²) < 4.78 is 0. The molecule has 0 aromatic heterocycles. The van der Waals surface area contributed by atoms with Crippen LogP contribution >= 0.6 is 0 Å². The molecule has 2 atom stereocenters. The Morgan fingerprint density at radius 2 is 1.54 bits per heavy atom. The lowest BCUT2D eigenvalue weighted by atomic mass is 9.68. The molecule has 4 bridgehead atoms. The first-order chi connectivity index (χ1) is 6.35. The van der Waals surface area contributed by atoms with E-state index in [0.29, 0.717) is 5.92 Å². The lowest BCUT2D eigenvalue weighted by molar-refractivity contribution is 0.139. The molecular formula is C11H17NO. The van der Waals surface area contributed by atoms with E-state index in [1.165, 1.54) is 32.1 Å². The molecule has 2 nitrogen and oxygen atoms in total. The van der Waals surface area contributed by atoms with Crippen LogP contribution in [0, 0.1) is 23.7 Å². The molecule has 0 spiro atoms. The Hall–Kier alpha value is -0.530. The maximum Gasteiger partial charge on any atom is 0.0604 e. The van der Waals surface area contributed by atoms with E-state index < -0.39 is 0 Å². The van der Waals surface area contributed by atoms with Crippen molar-refractivity contribution in [1.82, 2.24) is 0 Å². The van der Waals surface area contributed by atoms with E-state index in [0.717, 1.165) is 29.9 Å². The fourth-order valence-corrected chi connectivity index (χ4v) is 4.01. The summed E-state index contributed by atoms with van der Waals surface area (Å²) in [5.41, 5.74) is 1.12. The van der Waals surface area contributed by atoms with Crippen molar-refractivity contribution < 1.29 is 5.21 Å². The Morgan fingerprint density at radius 1 is 0.923 bits per heavy atom. The predicted molar refractivity (Wildman–Crippen MR) is 50.9 cm³/mol. The molecule has 2 heteroatoms. The molecule has 4 fully saturated rings. The van der Waals surface area contributed by atoms with E-state index in [1.54, 1.807) is 0 Å². The molecule has 4 aliphatic carbocycles. The molecule has 0 saturated heterocycles. The van der Waals surface area contributed by atoms with Crippen LogP contribution in [0.5, 0.6) is 0 Å². The van der Waals surface area contributed by atoms with Gasteiger partial charge in [-0.25, -0.2) is 0 Å². The second-order valence-electron chi connectivity index (χ2n) is 5.27. The summed E-state index contributed by atoms with van der Waals surface area (Å²) in [6.07, 6.45) is 8.00. The van der Waals surface area contributed by atoms with Crippen LogP contribution < -0.4 is 0 Å². The van der Waals surface area contributed by atoms with Gasteiger partial charge in [-0.2, -0.15) is 0 Å². The lowest BCUT2D eigenvalue weighted by Crippen LogP contribution is -2.28.